The molecule has 0 aliphatic rings. The topological polar surface area (TPSA) is 83.3 Å². The van der Waals surface area contributed by atoms with Crippen molar-refractivity contribution in [2.75, 3.05) is 32.1 Å². The van der Waals surface area contributed by atoms with Gasteiger partial charge in [0.05, 0.1) is 0 Å². The molecule has 0 saturated heterocycles. The van der Waals surface area contributed by atoms with Crippen LogP contribution in [0.4, 0.5) is 5.82 Å². The van der Waals surface area contributed by atoms with Gasteiger partial charge < -0.3 is 15.6 Å². The van der Waals surface area contributed by atoms with Gasteiger partial charge in [0.1, 0.15) is 5.82 Å². The monoisotopic (exact) mass is 279 g/mol. The molecule has 1 aromatic rings. The number of hydrogen-bond acceptors (Lipinski definition) is 5. The van der Waals surface area contributed by atoms with Gasteiger partial charge in [-0.1, -0.05) is 20.3 Å². The summed E-state index contributed by atoms with van der Waals surface area (Å²) in [5, 5.41) is 2.91. The number of nitrogens with zero attached hydrogens (tertiary/aromatic N) is 2. The second-order valence-corrected chi connectivity index (χ2v) is 4.78. The van der Waals surface area contributed by atoms with Crippen molar-refractivity contribution < 1.29 is 4.79 Å². The molecule has 1 aromatic heterocycles. The molecular weight excluding hydrogens is 254 g/mol. The van der Waals surface area contributed by atoms with E-state index in [1.807, 2.05) is 13.1 Å². The van der Waals surface area contributed by atoms with Gasteiger partial charge in [-0.3, -0.25) is 4.79 Å². The van der Waals surface area contributed by atoms with E-state index in [1.54, 1.807) is 6.07 Å². The number of aromatic nitrogens is 1. The normalized spacial score (nSPS) is 10.7. The number of nitrogens with one attached hydrogen (secondary N) is 2. The van der Waals surface area contributed by atoms with E-state index in [2.05, 4.69) is 34.5 Å². The second kappa shape index (κ2) is 8.50. The lowest BCUT2D eigenvalue weighted by Crippen LogP contribution is -2.33. The number of nitrogens with two attached hydrogens (primary N) is 1. The number of pyridine rings is 1. The van der Waals surface area contributed by atoms with Crippen LogP contribution in [-0.4, -0.2) is 42.5 Å². The van der Waals surface area contributed by atoms with E-state index >= 15 is 0 Å². The lowest BCUT2D eigenvalue weighted by Gasteiger charge is -2.14. The summed E-state index contributed by atoms with van der Waals surface area (Å²) >= 11 is 0. The maximum absolute atomic E-state index is 12.1. The van der Waals surface area contributed by atoms with E-state index in [0.717, 1.165) is 31.6 Å². The number of aryl methyl sites for hydroxylation is 1. The van der Waals surface area contributed by atoms with Crippen LogP contribution in [0.3, 0.4) is 0 Å². The number of hydrogen-bond donors (Lipinski definition) is 3. The second-order valence-electron chi connectivity index (χ2n) is 4.78. The first-order valence-electron chi connectivity index (χ1n) is 7.05. The molecular formula is C14H25N5O. The first kappa shape index (κ1) is 16.4. The Morgan fingerprint density at radius 1 is 1.40 bits per heavy atom. The molecule has 0 saturated carbocycles. The highest BCUT2D eigenvalue weighted by Gasteiger charge is 2.09. The van der Waals surface area contributed by atoms with Gasteiger partial charge >= 0.3 is 0 Å². The number of rotatable bonds is 8. The summed E-state index contributed by atoms with van der Waals surface area (Å²) in [5.41, 5.74) is 3.97. The Labute approximate surface area is 120 Å². The van der Waals surface area contributed by atoms with E-state index < -0.39 is 0 Å². The molecule has 20 heavy (non-hydrogen) atoms. The molecule has 0 aromatic carbocycles. The molecule has 4 N–H and O–H groups in total. The van der Waals surface area contributed by atoms with Gasteiger partial charge in [0.15, 0.2) is 0 Å². The molecule has 6 nitrogen and oxygen atoms in total. The Morgan fingerprint density at radius 3 is 2.75 bits per heavy atom. The quantitative estimate of drug-likeness (QED) is 0.488. The molecule has 0 aliphatic carbocycles. The fraction of sp³-hybridized carbons (Fsp3) is 0.571. The predicted molar refractivity (Wildman–Crippen MR) is 81.5 cm³/mol. The van der Waals surface area contributed by atoms with Crippen molar-refractivity contribution in [2.24, 2.45) is 5.84 Å². The van der Waals surface area contributed by atoms with Crippen LogP contribution in [0.2, 0.25) is 0 Å². The molecule has 0 spiro atoms. The van der Waals surface area contributed by atoms with Crippen molar-refractivity contribution in [3.63, 3.8) is 0 Å². The SMILES string of the molecule is CCCc1cc(C(=O)NCCN(C)CC)cc(NN)n1. The Bertz CT molecular complexity index is 436. The standard InChI is InChI=1S/C14H25N5O/c1-4-6-12-9-11(10-13(17-12)18-15)14(20)16-7-8-19(3)5-2/h9-10H,4-8,15H2,1-3H3,(H,16,20)(H,17,18). The summed E-state index contributed by atoms with van der Waals surface area (Å²) in [6.45, 7) is 6.58. The average molecular weight is 279 g/mol. The van der Waals surface area contributed by atoms with Crippen LogP contribution in [0, 0.1) is 0 Å². The molecule has 1 heterocycles. The molecule has 0 radical (unpaired) electrons. The van der Waals surface area contributed by atoms with Crippen LogP contribution in [0.5, 0.6) is 0 Å². The number of likely N-dealkylation sites (N-methyl/N-ethyl adjacent to an activating group) is 1. The largest absolute Gasteiger partial charge is 0.351 e. The van der Waals surface area contributed by atoms with Gasteiger partial charge in [-0.15, -0.1) is 0 Å². The minimum Gasteiger partial charge on any atom is -0.351 e. The third-order valence-corrected chi connectivity index (χ3v) is 3.11. The molecule has 112 valence electrons. The fourth-order valence-corrected chi connectivity index (χ4v) is 1.80. The smallest absolute Gasteiger partial charge is 0.251 e. The summed E-state index contributed by atoms with van der Waals surface area (Å²) in [5.74, 6) is 5.82. The molecule has 0 aliphatic heterocycles. The van der Waals surface area contributed by atoms with Crippen LogP contribution in [0.1, 0.15) is 36.3 Å². The number of amides is 1. The van der Waals surface area contributed by atoms with E-state index in [0.29, 0.717) is 17.9 Å². The van der Waals surface area contributed by atoms with Crippen LogP contribution >= 0.6 is 0 Å². The van der Waals surface area contributed by atoms with Crippen molar-refractivity contribution >= 4 is 11.7 Å². The molecule has 1 amide bonds. The zero-order valence-electron chi connectivity index (χ0n) is 12.6. The Hall–Kier alpha value is -1.66. The van der Waals surface area contributed by atoms with Crippen LogP contribution in [0.25, 0.3) is 0 Å². The summed E-state index contributed by atoms with van der Waals surface area (Å²) in [7, 11) is 2.02. The van der Waals surface area contributed by atoms with Crippen molar-refractivity contribution in [1.82, 2.24) is 15.2 Å². The lowest BCUT2D eigenvalue weighted by molar-refractivity contribution is 0.0950. The van der Waals surface area contributed by atoms with Gasteiger partial charge in [0.25, 0.3) is 5.91 Å². The maximum atomic E-state index is 12.1. The number of hydrazine groups is 1. The molecule has 0 unspecified atom stereocenters. The third-order valence-electron chi connectivity index (χ3n) is 3.11. The van der Waals surface area contributed by atoms with E-state index in [9.17, 15) is 4.79 Å². The van der Waals surface area contributed by atoms with Gasteiger partial charge in [0.2, 0.25) is 0 Å². The molecule has 0 atom stereocenters. The highest BCUT2D eigenvalue weighted by atomic mass is 16.1. The molecule has 0 bridgehead atoms. The Morgan fingerprint density at radius 2 is 2.15 bits per heavy atom. The van der Waals surface area contributed by atoms with Crippen molar-refractivity contribution in [2.45, 2.75) is 26.7 Å². The van der Waals surface area contributed by atoms with E-state index in [4.69, 9.17) is 5.84 Å². The number of nitrogen functional groups attached to an aromatic ring is 1. The highest BCUT2D eigenvalue weighted by molar-refractivity contribution is 5.95. The van der Waals surface area contributed by atoms with E-state index in [1.165, 1.54) is 0 Å². The molecule has 1 rings (SSSR count). The van der Waals surface area contributed by atoms with E-state index in [-0.39, 0.29) is 5.91 Å². The first-order chi connectivity index (χ1) is 9.60. The van der Waals surface area contributed by atoms with Crippen LogP contribution in [-0.2, 0) is 6.42 Å². The Balaban J connectivity index is 2.68. The highest BCUT2D eigenvalue weighted by Crippen LogP contribution is 2.11. The van der Waals surface area contributed by atoms with Crippen molar-refractivity contribution in [3.05, 3.63) is 23.4 Å². The fourth-order valence-electron chi connectivity index (χ4n) is 1.80. The zero-order valence-corrected chi connectivity index (χ0v) is 12.6. The minimum absolute atomic E-state index is 0.0919. The predicted octanol–water partition coefficient (Wildman–Crippen LogP) is 1.00. The molecule has 6 heteroatoms. The van der Waals surface area contributed by atoms with Gasteiger partial charge in [-0.05, 0) is 32.1 Å². The number of carbonyl (C=O) groups excluding carboxylic acids is 1. The first-order valence-corrected chi connectivity index (χ1v) is 7.05. The number of carbonyl (C=O) groups is 1. The van der Waals surface area contributed by atoms with Crippen molar-refractivity contribution in [3.8, 4) is 0 Å². The summed E-state index contributed by atoms with van der Waals surface area (Å²) in [6, 6.07) is 3.49. The lowest BCUT2D eigenvalue weighted by atomic mass is 10.1. The average Bonchev–Trinajstić information content (AvgIpc) is 2.46. The van der Waals surface area contributed by atoms with Gasteiger partial charge in [-0.25, -0.2) is 10.8 Å². The summed E-state index contributed by atoms with van der Waals surface area (Å²) in [4.78, 5) is 18.6. The number of anilines is 1. The third kappa shape index (κ3) is 5.14. The van der Waals surface area contributed by atoms with Gasteiger partial charge in [-0.2, -0.15) is 0 Å². The Kier molecular flexibility index (Phi) is 6.97. The summed E-state index contributed by atoms with van der Waals surface area (Å²) in [6.07, 6.45) is 1.80. The summed E-state index contributed by atoms with van der Waals surface area (Å²) < 4.78 is 0. The van der Waals surface area contributed by atoms with Crippen molar-refractivity contribution in [1.29, 1.82) is 0 Å². The van der Waals surface area contributed by atoms with Gasteiger partial charge in [0, 0.05) is 24.3 Å². The van der Waals surface area contributed by atoms with Crippen LogP contribution < -0.4 is 16.6 Å². The van der Waals surface area contributed by atoms with Crippen LogP contribution in [0.15, 0.2) is 12.1 Å². The maximum Gasteiger partial charge on any atom is 0.251 e. The minimum atomic E-state index is -0.0919. The zero-order chi connectivity index (χ0) is 15.0. The molecule has 0 fully saturated rings.